The third kappa shape index (κ3) is 7.96. The standard InChI is InChI=1S/C32H43FN2O4/c1-2-34-22-12-4-3-5-13-23-35(31(36)21-14-24-38-29-19-10-7-16-26(29)33)27-17-8-11-20-30(27)39-28-18-9-6-15-25(28)32(34)37/h6-7,9-10,15-16,18-19,27,30H,2-5,8,11-14,17,20-24H2,1H3/t27-,30+/m1/s1. The van der Waals surface area contributed by atoms with E-state index in [1.54, 1.807) is 18.2 Å². The SMILES string of the molecule is CCN1CCCCCCCN(C(=O)CCCOc2ccccc2F)[C@@H]2CCCC[C@@H]2Oc2ccccc2C1=O. The fraction of sp³-hybridized carbons (Fsp3) is 0.562. The van der Waals surface area contributed by atoms with Gasteiger partial charge in [-0.3, -0.25) is 9.59 Å². The van der Waals surface area contributed by atoms with Gasteiger partial charge in [0.15, 0.2) is 11.6 Å². The first kappa shape index (κ1) is 28.9. The van der Waals surface area contributed by atoms with E-state index in [1.165, 1.54) is 6.07 Å². The summed E-state index contributed by atoms with van der Waals surface area (Å²) in [5.74, 6) is 0.544. The summed E-state index contributed by atoms with van der Waals surface area (Å²) in [4.78, 5) is 31.0. The molecule has 2 atom stereocenters. The third-order valence-corrected chi connectivity index (χ3v) is 7.91. The van der Waals surface area contributed by atoms with Crippen LogP contribution >= 0.6 is 0 Å². The number of hydrogen-bond acceptors (Lipinski definition) is 4. The van der Waals surface area contributed by atoms with Crippen molar-refractivity contribution in [2.45, 2.75) is 89.7 Å². The molecule has 39 heavy (non-hydrogen) atoms. The van der Waals surface area contributed by atoms with E-state index in [0.29, 0.717) is 37.2 Å². The van der Waals surface area contributed by atoms with Crippen LogP contribution in [0.3, 0.4) is 0 Å². The third-order valence-electron chi connectivity index (χ3n) is 7.91. The zero-order chi connectivity index (χ0) is 27.5. The molecule has 6 nitrogen and oxygen atoms in total. The second-order valence-electron chi connectivity index (χ2n) is 10.6. The summed E-state index contributed by atoms with van der Waals surface area (Å²) in [6.45, 7) is 4.43. The van der Waals surface area contributed by atoms with Gasteiger partial charge < -0.3 is 19.3 Å². The highest BCUT2D eigenvalue weighted by atomic mass is 19.1. The van der Waals surface area contributed by atoms with Gasteiger partial charge in [0.1, 0.15) is 11.9 Å². The number of halogens is 1. The van der Waals surface area contributed by atoms with E-state index in [2.05, 4.69) is 0 Å². The monoisotopic (exact) mass is 538 g/mol. The second-order valence-corrected chi connectivity index (χ2v) is 10.6. The molecule has 1 saturated carbocycles. The number of carbonyl (C=O) groups excluding carboxylic acids is 2. The lowest BCUT2D eigenvalue weighted by atomic mass is 9.90. The molecule has 0 unspecified atom stereocenters. The maximum atomic E-state index is 13.9. The minimum absolute atomic E-state index is 0.0121. The number of nitrogens with zero attached hydrogens (tertiary/aromatic N) is 2. The summed E-state index contributed by atoms with van der Waals surface area (Å²) in [5, 5.41) is 0. The molecule has 4 rings (SSSR count). The highest BCUT2D eigenvalue weighted by Gasteiger charge is 2.35. The molecule has 0 aromatic heterocycles. The largest absolute Gasteiger partial charge is 0.491 e. The van der Waals surface area contributed by atoms with Gasteiger partial charge in [0, 0.05) is 26.1 Å². The fourth-order valence-corrected chi connectivity index (χ4v) is 5.76. The molecule has 0 spiro atoms. The van der Waals surface area contributed by atoms with Crippen LogP contribution in [-0.4, -0.2) is 60.0 Å². The van der Waals surface area contributed by atoms with E-state index in [9.17, 15) is 14.0 Å². The van der Waals surface area contributed by atoms with Crippen LogP contribution in [0.4, 0.5) is 4.39 Å². The molecule has 0 bridgehead atoms. The maximum Gasteiger partial charge on any atom is 0.257 e. The number of amides is 2. The fourth-order valence-electron chi connectivity index (χ4n) is 5.76. The van der Waals surface area contributed by atoms with Gasteiger partial charge in [-0.2, -0.15) is 0 Å². The van der Waals surface area contributed by atoms with Crippen LogP contribution in [-0.2, 0) is 4.79 Å². The smallest absolute Gasteiger partial charge is 0.257 e. The number of rotatable bonds is 6. The highest BCUT2D eigenvalue weighted by molar-refractivity contribution is 5.97. The van der Waals surface area contributed by atoms with E-state index >= 15 is 0 Å². The van der Waals surface area contributed by atoms with Crippen molar-refractivity contribution in [2.75, 3.05) is 26.2 Å². The lowest BCUT2D eigenvalue weighted by molar-refractivity contribution is -0.137. The molecular formula is C32H43FN2O4. The number of hydrogen-bond donors (Lipinski definition) is 0. The number of ether oxygens (including phenoxy) is 2. The zero-order valence-corrected chi connectivity index (χ0v) is 23.3. The Bertz CT molecular complexity index is 1080. The molecule has 1 aliphatic carbocycles. The van der Waals surface area contributed by atoms with Crippen molar-refractivity contribution in [3.8, 4) is 11.5 Å². The van der Waals surface area contributed by atoms with Crippen molar-refractivity contribution < 1.29 is 23.5 Å². The molecule has 2 aromatic carbocycles. The van der Waals surface area contributed by atoms with Crippen LogP contribution in [0.1, 0.15) is 87.9 Å². The van der Waals surface area contributed by atoms with E-state index in [0.717, 1.165) is 64.3 Å². The summed E-state index contributed by atoms with van der Waals surface area (Å²) in [6, 6.07) is 13.9. The average Bonchev–Trinajstić information content (AvgIpc) is 2.96. The minimum Gasteiger partial charge on any atom is -0.491 e. The van der Waals surface area contributed by atoms with Crippen LogP contribution in [0.5, 0.6) is 11.5 Å². The highest BCUT2D eigenvalue weighted by Crippen LogP contribution is 2.31. The van der Waals surface area contributed by atoms with Crippen LogP contribution in [0.15, 0.2) is 48.5 Å². The van der Waals surface area contributed by atoms with E-state index in [1.807, 2.05) is 41.0 Å². The predicted octanol–water partition coefficient (Wildman–Crippen LogP) is 6.63. The molecule has 2 aromatic rings. The first-order chi connectivity index (χ1) is 19.1. The van der Waals surface area contributed by atoms with Gasteiger partial charge in [0.2, 0.25) is 5.91 Å². The maximum absolute atomic E-state index is 13.9. The Hall–Kier alpha value is -3.09. The molecule has 1 fully saturated rings. The lowest BCUT2D eigenvalue weighted by Gasteiger charge is -2.40. The zero-order valence-electron chi connectivity index (χ0n) is 23.3. The first-order valence-corrected chi connectivity index (χ1v) is 14.8. The van der Waals surface area contributed by atoms with Gasteiger partial charge in [-0.05, 0) is 69.7 Å². The summed E-state index contributed by atoms with van der Waals surface area (Å²) >= 11 is 0. The molecule has 1 aliphatic heterocycles. The topological polar surface area (TPSA) is 59.1 Å². The van der Waals surface area contributed by atoms with Crippen molar-refractivity contribution in [1.29, 1.82) is 0 Å². The number of fused-ring (bicyclic) bond motifs is 2. The van der Waals surface area contributed by atoms with Crippen molar-refractivity contribution in [3.63, 3.8) is 0 Å². The predicted molar refractivity (Wildman–Crippen MR) is 151 cm³/mol. The van der Waals surface area contributed by atoms with Crippen molar-refractivity contribution >= 4 is 11.8 Å². The normalized spacial score (nSPS) is 21.1. The summed E-state index contributed by atoms with van der Waals surface area (Å²) in [7, 11) is 0. The van der Waals surface area contributed by atoms with Crippen LogP contribution in [0.2, 0.25) is 0 Å². The molecule has 1 heterocycles. The lowest BCUT2D eigenvalue weighted by Crippen LogP contribution is -2.51. The number of carbonyl (C=O) groups is 2. The van der Waals surface area contributed by atoms with Crippen LogP contribution < -0.4 is 9.47 Å². The van der Waals surface area contributed by atoms with Crippen molar-refractivity contribution in [2.24, 2.45) is 0 Å². The first-order valence-electron chi connectivity index (χ1n) is 14.8. The number of para-hydroxylation sites is 2. The number of benzene rings is 2. The van der Waals surface area contributed by atoms with E-state index in [-0.39, 0.29) is 36.3 Å². The van der Waals surface area contributed by atoms with Gasteiger partial charge in [0.25, 0.3) is 5.91 Å². The van der Waals surface area contributed by atoms with E-state index in [4.69, 9.17) is 9.47 Å². The molecule has 0 N–H and O–H groups in total. The molecule has 2 amide bonds. The summed E-state index contributed by atoms with van der Waals surface area (Å²) < 4.78 is 26.1. The molecular weight excluding hydrogens is 495 g/mol. The Morgan fingerprint density at radius 1 is 0.949 bits per heavy atom. The Labute approximate surface area is 232 Å². The molecule has 2 aliphatic rings. The summed E-state index contributed by atoms with van der Waals surface area (Å²) in [5.41, 5.74) is 0.599. The second kappa shape index (κ2) is 14.9. The molecule has 0 radical (unpaired) electrons. The van der Waals surface area contributed by atoms with Crippen LogP contribution in [0.25, 0.3) is 0 Å². The van der Waals surface area contributed by atoms with Crippen molar-refractivity contribution in [3.05, 3.63) is 59.9 Å². The van der Waals surface area contributed by atoms with Crippen molar-refractivity contribution in [1.82, 2.24) is 9.80 Å². The Balaban J connectivity index is 1.49. The quantitative estimate of drug-likeness (QED) is 0.388. The Morgan fingerprint density at radius 3 is 2.49 bits per heavy atom. The van der Waals surface area contributed by atoms with Gasteiger partial charge in [-0.25, -0.2) is 4.39 Å². The van der Waals surface area contributed by atoms with Gasteiger partial charge in [-0.1, -0.05) is 49.9 Å². The summed E-state index contributed by atoms with van der Waals surface area (Å²) in [6.07, 6.45) is 9.66. The van der Waals surface area contributed by atoms with Gasteiger partial charge >= 0.3 is 0 Å². The average molecular weight is 539 g/mol. The van der Waals surface area contributed by atoms with Gasteiger partial charge in [0.05, 0.1) is 18.2 Å². The molecule has 0 saturated heterocycles. The van der Waals surface area contributed by atoms with E-state index < -0.39 is 5.82 Å². The Morgan fingerprint density at radius 2 is 1.67 bits per heavy atom. The molecule has 212 valence electrons. The minimum atomic E-state index is -0.391. The molecule has 7 heteroatoms. The Kier molecular flexibility index (Phi) is 11.0. The van der Waals surface area contributed by atoms with Crippen LogP contribution in [0, 0.1) is 5.82 Å². The van der Waals surface area contributed by atoms with Gasteiger partial charge in [-0.15, -0.1) is 0 Å².